The van der Waals surface area contributed by atoms with Crippen molar-refractivity contribution >= 4 is 29.9 Å². The third-order valence-electron chi connectivity index (χ3n) is 2.86. The Bertz CT molecular complexity index is 472. The predicted molar refractivity (Wildman–Crippen MR) is 96.1 cm³/mol. The van der Waals surface area contributed by atoms with Gasteiger partial charge in [-0.25, -0.2) is 13.8 Å². The number of aliphatic imine (C=N–C) groups is 1. The molecule has 0 amide bonds. The zero-order valence-electron chi connectivity index (χ0n) is 13.2. The summed E-state index contributed by atoms with van der Waals surface area (Å²) in [6, 6.07) is 3.80. The summed E-state index contributed by atoms with van der Waals surface area (Å²) in [6.07, 6.45) is 0.996. The Morgan fingerprint density at radius 3 is 2.59 bits per heavy atom. The van der Waals surface area contributed by atoms with Crippen molar-refractivity contribution in [2.75, 3.05) is 19.7 Å². The fourth-order valence-electron chi connectivity index (χ4n) is 1.54. The summed E-state index contributed by atoms with van der Waals surface area (Å²) in [7, 11) is 0. The normalized spacial score (nSPS) is 12.3. The second kappa shape index (κ2) is 11.4. The highest BCUT2D eigenvalue weighted by Gasteiger charge is 2.04. The fraction of sp³-hybridized carbons (Fsp3) is 0.533. The number of nitrogens with zero attached hydrogens (tertiary/aromatic N) is 1. The predicted octanol–water partition coefficient (Wildman–Crippen LogP) is 3.32. The monoisotopic (exact) mass is 427 g/mol. The Morgan fingerprint density at radius 2 is 2.00 bits per heavy atom. The van der Waals surface area contributed by atoms with Gasteiger partial charge in [0.25, 0.3) is 0 Å². The van der Waals surface area contributed by atoms with Crippen molar-refractivity contribution in [3.63, 3.8) is 0 Å². The summed E-state index contributed by atoms with van der Waals surface area (Å²) in [5.41, 5.74) is 0. The molecular formula is C15H24F2IN3O. The smallest absolute Gasteiger partial charge is 0.191 e. The van der Waals surface area contributed by atoms with E-state index in [1.165, 1.54) is 6.07 Å². The van der Waals surface area contributed by atoms with E-state index in [0.29, 0.717) is 24.9 Å². The van der Waals surface area contributed by atoms with E-state index >= 15 is 0 Å². The average Bonchev–Trinajstić information content (AvgIpc) is 2.47. The molecule has 0 radical (unpaired) electrons. The molecule has 0 spiro atoms. The van der Waals surface area contributed by atoms with Crippen molar-refractivity contribution in [3.05, 3.63) is 29.8 Å². The largest absolute Gasteiger partial charge is 0.492 e. The summed E-state index contributed by atoms with van der Waals surface area (Å²) < 4.78 is 31.1. The van der Waals surface area contributed by atoms with E-state index in [2.05, 4.69) is 29.5 Å². The molecule has 0 heterocycles. The molecule has 0 saturated carbocycles. The molecule has 0 bridgehead atoms. The molecule has 0 aromatic heterocycles. The van der Waals surface area contributed by atoms with Gasteiger partial charge in [-0.2, -0.15) is 0 Å². The second-order valence-electron chi connectivity index (χ2n) is 4.64. The van der Waals surface area contributed by atoms with Crippen LogP contribution in [0.1, 0.15) is 27.2 Å². The summed E-state index contributed by atoms with van der Waals surface area (Å²) in [4.78, 5) is 4.36. The maximum atomic E-state index is 13.0. The summed E-state index contributed by atoms with van der Waals surface area (Å²) in [5.74, 6) is -0.778. The lowest BCUT2D eigenvalue weighted by Crippen LogP contribution is -2.42. The molecule has 1 aromatic carbocycles. The van der Waals surface area contributed by atoms with Crippen LogP contribution in [0.2, 0.25) is 0 Å². The molecule has 1 unspecified atom stereocenters. The molecule has 126 valence electrons. The number of halogens is 3. The maximum absolute atomic E-state index is 13.0. The Balaban J connectivity index is 0.00000441. The van der Waals surface area contributed by atoms with Crippen molar-refractivity contribution in [1.29, 1.82) is 0 Å². The first-order chi connectivity index (χ1) is 10.1. The van der Waals surface area contributed by atoms with E-state index in [0.717, 1.165) is 31.1 Å². The van der Waals surface area contributed by atoms with Gasteiger partial charge in [0.05, 0.1) is 6.54 Å². The van der Waals surface area contributed by atoms with Crippen LogP contribution in [0.15, 0.2) is 23.2 Å². The van der Waals surface area contributed by atoms with E-state index in [1.54, 1.807) is 0 Å². The van der Waals surface area contributed by atoms with Gasteiger partial charge in [0.2, 0.25) is 0 Å². The van der Waals surface area contributed by atoms with E-state index in [-0.39, 0.29) is 24.0 Å². The van der Waals surface area contributed by atoms with Gasteiger partial charge in [-0.05, 0) is 32.4 Å². The molecule has 1 rings (SSSR count). The number of hydrogen-bond acceptors (Lipinski definition) is 2. The Hall–Kier alpha value is -1.12. The SMILES string of the molecule is CCNC(=NCCOc1ccc(F)c(F)c1)NC(C)CC.I. The molecule has 7 heteroatoms. The highest BCUT2D eigenvalue weighted by molar-refractivity contribution is 14.0. The molecule has 0 aliphatic heterocycles. The first-order valence-corrected chi connectivity index (χ1v) is 7.19. The van der Waals surface area contributed by atoms with Crippen LogP contribution < -0.4 is 15.4 Å². The zero-order valence-corrected chi connectivity index (χ0v) is 15.5. The van der Waals surface area contributed by atoms with Crippen molar-refractivity contribution in [1.82, 2.24) is 10.6 Å². The molecular weight excluding hydrogens is 403 g/mol. The average molecular weight is 427 g/mol. The van der Waals surface area contributed by atoms with Crippen LogP contribution in [0, 0.1) is 11.6 Å². The third-order valence-corrected chi connectivity index (χ3v) is 2.86. The van der Waals surface area contributed by atoms with Crippen LogP contribution >= 0.6 is 24.0 Å². The summed E-state index contributed by atoms with van der Waals surface area (Å²) in [6.45, 7) is 7.64. The quantitative estimate of drug-likeness (QED) is 0.304. The number of nitrogens with one attached hydrogen (secondary N) is 2. The number of ether oxygens (including phenoxy) is 1. The van der Waals surface area contributed by atoms with Crippen molar-refractivity contribution in [2.45, 2.75) is 33.2 Å². The van der Waals surface area contributed by atoms with Crippen molar-refractivity contribution in [3.8, 4) is 5.75 Å². The van der Waals surface area contributed by atoms with E-state index in [1.807, 2.05) is 6.92 Å². The highest BCUT2D eigenvalue weighted by atomic mass is 127. The van der Waals surface area contributed by atoms with E-state index < -0.39 is 11.6 Å². The number of hydrogen-bond donors (Lipinski definition) is 2. The molecule has 1 aromatic rings. The molecule has 0 aliphatic carbocycles. The van der Waals surface area contributed by atoms with Gasteiger partial charge in [-0.1, -0.05) is 6.92 Å². The van der Waals surface area contributed by atoms with Crippen LogP contribution in [-0.4, -0.2) is 31.7 Å². The molecule has 0 fully saturated rings. The third kappa shape index (κ3) is 7.77. The van der Waals surface area contributed by atoms with Gasteiger partial charge in [-0.3, -0.25) is 0 Å². The van der Waals surface area contributed by atoms with Crippen LogP contribution in [0.25, 0.3) is 0 Å². The minimum Gasteiger partial charge on any atom is -0.492 e. The number of guanidine groups is 1. The summed E-state index contributed by atoms with van der Waals surface area (Å²) in [5, 5.41) is 6.39. The Morgan fingerprint density at radius 1 is 1.27 bits per heavy atom. The van der Waals surface area contributed by atoms with Crippen molar-refractivity contribution in [2.24, 2.45) is 4.99 Å². The zero-order chi connectivity index (χ0) is 15.7. The standard InChI is InChI=1S/C15H23F2N3O.HI/c1-4-11(3)20-15(18-5-2)19-8-9-21-12-6-7-13(16)14(17)10-12;/h6-7,10-11H,4-5,8-9H2,1-3H3,(H2,18,19,20);1H. The first kappa shape index (κ1) is 20.9. The van der Waals surface area contributed by atoms with Crippen molar-refractivity contribution < 1.29 is 13.5 Å². The van der Waals surface area contributed by atoms with Gasteiger partial charge in [0, 0.05) is 18.7 Å². The lowest BCUT2D eigenvalue weighted by atomic mass is 10.3. The Labute approximate surface area is 147 Å². The molecule has 22 heavy (non-hydrogen) atoms. The van der Waals surface area contributed by atoms with Crippen LogP contribution in [0.3, 0.4) is 0 Å². The summed E-state index contributed by atoms with van der Waals surface area (Å²) >= 11 is 0. The second-order valence-corrected chi connectivity index (χ2v) is 4.64. The van der Waals surface area contributed by atoms with Gasteiger partial charge in [0.15, 0.2) is 17.6 Å². The minimum atomic E-state index is -0.914. The lowest BCUT2D eigenvalue weighted by Gasteiger charge is -2.16. The van der Waals surface area contributed by atoms with Crippen LogP contribution in [0.5, 0.6) is 5.75 Å². The van der Waals surface area contributed by atoms with Gasteiger partial charge in [-0.15, -0.1) is 24.0 Å². The maximum Gasteiger partial charge on any atom is 0.191 e. The van der Waals surface area contributed by atoms with Gasteiger partial charge >= 0.3 is 0 Å². The number of benzene rings is 1. The van der Waals surface area contributed by atoms with E-state index in [9.17, 15) is 8.78 Å². The van der Waals surface area contributed by atoms with Gasteiger partial charge in [0.1, 0.15) is 12.4 Å². The van der Waals surface area contributed by atoms with E-state index in [4.69, 9.17) is 4.74 Å². The van der Waals surface area contributed by atoms with Crippen LogP contribution in [0.4, 0.5) is 8.78 Å². The molecule has 0 aliphatic rings. The molecule has 2 N–H and O–H groups in total. The number of rotatable bonds is 7. The lowest BCUT2D eigenvalue weighted by molar-refractivity contribution is 0.325. The topological polar surface area (TPSA) is 45.7 Å². The first-order valence-electron chi connectivity index (χ1n) is 7.19. The van der Waals surface area contributed by atoms with Crippen LogP contribution in [-0.2, 0) is 0 Å². The highest BCUT2D eigenvalue weighted by Crippen LogP contribution is 2.15. The minimum absolute atomic E-state index is 0. The molecule has 4 nitrogen and oxygen atoms in total. The Kier molecular flexibility index (Phi) is 10.9. The molecule has 0 saturated heterocycles. The fourth-order valence-corrected chi connectivity index (χ4v) is 1.54. The van der Waals surface area contributed by atoms with Gasteiger partial charge < -0.3 is 15.4 Å². The molecule has 1 atom stereocenters.